The zero-order valence-corrected chi connectivity index (χ0v) is 11.6. The Labute approximate surface area is 119 Å². The van der Waals surface area contributed by atoms with Gasteiger partial charge in [-0.05, 0) is 36.0 Å². The van der Waals surface area contributed by atoms with Gasteiger partial charge in [0.15, 0.2) is 5.60 Å². The molecule has 1 unspecified atom stereocenters. The minimum absolute atomic E-state index is 0.0865. The molecule has 0 aromatic heterocycles. The van der Waals surface area contributed by atoms with E-state index in [1.54, 1.807) is 0 Å². The van der Waals surface area contributed by atoms with Crippen molar-refractivity contribution in [2.75, 3.05) is 6.61 Å². The number of aryl methyl sites for hydroxylation is 2. The average molecular weight is 272 g/mol. The fraction of sp³-hybridized carbons (Fsp3) is 0.353. The van der Waals surface area contributed by atoms with Gasteiger partial charge in [-0.1, -0.05) is 36.9 Å². The van der Waals surface area contributed by atoms with E-state index in [4.69, 9.17) is 4.74 Å². The van der Waals surface area contributed by atoms with Crippen LogP contribution in [0.5, 0.6) is 0 Å². The molecule has 0 heterocycles. The quantitative estimate of drug-likeness (QED) is 0.639. The zero-order chi connectivity index (χ0) is 14.6. The Balaban J connectivity index is 2.33. The lowest BCUT2D eigenvalue weighted by molar-refractivity contribution is -0.165. The van der Waals surface area contributed by atoms with Gasteiger partial charge in [0.1, 0.15) is 6.61 Å². The Morgan fingerprint density at radius 2 is 2.05 bits per heavy atom. The van der Waals surface area contributed by atoms with Crippen molar-refractivity contribution in [1.82, 2.24) is 0 Å². The van der Waals surface area contributed by atoms with Gasteiger partial charge in [-0.2, -0.15) is 0 Å². The third kappa shape index (κ3) is 2.68. The first kappa shape index (κ1) is 14.5. The van der Waals surface area contributed by atoms with E-state index in [0.29, 0.717) is 5.56 Å². The summed E-state index contributed by atoms with van der Waals surface area (Å²) in [7, 11) is 0. The van der Waals surface area contributed by atoms with Crippen molar-refractivity contribution in [2.45, 2.75) is 31.3 Å². The Hall–Kier alpha value is -1.87. The molecule has 1 atom stereocenters. The van der Waals surface area contributed by atoms with Gasteiger partial charge in [0.25, 0.3) is 0 Å². The zero-order valence-electron chi connectivity index (χ0n) is 11.6. The molecule has 0 radical (unpaired) electrons. The second-order valence-corrected chi connectivity index (χ2v) is 5.08. The van der Waals surface area contributed by atoms with Crippen LogP contribution >= 0.6 is 0 Å². The summed E-state index contributed by atoms with van der Waals surface area (Å²) >= 11 is 0. The molecule has 1 aliphatic rings. The van der Waals surface area contributed by atoms with E-state index in [2.05, 4.69) is 13.2 Å². The average Bonchev–Trinajstić information content (AvgIpc) is 2.92. The second-order valence-electron chi connectivity index (χ2n) is 5.08. The maximum absolute atomic E-state index is 12.1. The van der Waals surface area contributed by atoms with Crippen molar-refractivity contribution >= 4 is 5.97 Å². The van der Waals surface area contributed by atoms with Crippen LogP contribution in [-0.4, -0.2) is 17.7 Å². The monoisotopic (exact) mass is 272 g/mol. The first-order valence-corrected chi connectivity index (χ1v) is 6.85. The summed E-state index contributed by atoms with van der Waals surface area (Å²) in [4.78, 5) is 12.1. The van der Waals surface area contributed by atoms with E-state index in [9.17, 15) is 9.90 Å². The molecule has 1 aliphatic carbocycles. The number of rotatable bonds is 6. The van der Waals surface area contributed by atoms with E-state index in [1.807, 2.05) is 18.2 Å². The first-order chi connectivity index (χ1) is 9.61. The van der Waals surface area contributed by atoms with Gasteiger partial charge in [0.2, 0.25) is 0 Å². The molecule has 0 fully saturated rings. The highest BCUT2D eigenvalue weighted by Gasteiger charge is 2.38. The molecule has 3 heteroatoms. The van der Waals surface area contributed by atoms with Crippen molar-refractivity contribution in [1.29, 1.82) is 0 Å². The molecule has 0 saturated carbocycles. The lowest BCUT2D eigenvalue weighted by Gasteiger charge is -2.25. The summed E-state index contributed by atoms with van der Waals surface area (Å²) in [6, 6.07) is 5.72. The van der Waals surface area contributed by atoms with Gasteiger partial charge in [-0.3, -0.25) is 0 Å². The molecular formula is C17H20O3. The number of benzene rings is 1. The number of carbonyl (C=O) groups excluding carboxylic acids is 1. The Morgan fingerprint density at radius 1 is 1.30 bits per heavy atom. The van der Waals surface area contributed by atoms with Crippen LogP contribution in [0.4, 0.5) is 0 Å². The molecule has 0 spiro atoms. The highest BCUT2D eigenvalue weighted by Crippen LogP contribution is 2.31. The molecule has 0 saturated heterocycles. The van der Waals surface area contributed by atoms with Crippen LogP contribution in [0, 0.1) is 0 Å². The van der Waals surface area contributed by atoms with Crippen molar-refractivity contribution in [3.63, 3.8) is 0 Å². The normalized spacial score (nSPS) is 16.1. The molecule has 20 heavy (non-hydrogen) atoms. The number of aliphatic hydroxyl groups is 1. The smallest absolute Gasteiger partial charge is 0.343 e. The van der Waals surface area contributed by atoms with Crippen molar-refractivity contribution in [2.24, 2.45) is 0 Å². The Kier molecular flexibility index (Phi) is 4.40. The molecule has 3 nitrogen and oxygen atoms in total. The van der Waals surface area contributed by atoms with Crippen LogP contribution in [0.1, 0.15) is 29.5 Å². The Morgan fingerprint density at radius 3 is 2.75 bits per heavy atom. The third-order valence-electron chi connectivity index (χ3n) is 3.69. The summed E-state index contributed by atoms with van der Waals surface area (Å²) in [5, 5.41) is 10.7. The minimum Gasteiger partial charge on any atom is -0.459 e. The van der Waals surface area contributed by atoms with Crippen LogP contribution in [0.15, 0.2) is 43.5 Å². The van der Waals surface area contributed by atoms with Gasteiger partial charge in [0, 0.05) is 6.42 Å². The maximum Gasteiger partial charge on any atom is 0.343 e. The van der Waals surface area contributed by atoms with Crippen LogP contribution in [0.25, 0.3) is 0 Å². The number of ether oxygens (including phenoxy) is 1. The van der Waals surface area contributed by atoms with Gasteiger partial charge in [-0.25, -0.2) is 4.79 Å². The van der Waals surface area contributed by atoms with Crippen molar-refractivity contribution in [3.8, 4) is 0 Å². The molecule has 1 aromatic carbocycles. The SMILES string of the molecule is C=CCOC(=O)C(O)(CC=C)c1ccc2c(c1)CCC2. The Bertz CT molecular complexity index is 533. The van der Waals surface area contributed by atoms with Crippen molar-refractivity contribution < 1.29 is 14.6 Å². The van der Waals surface area contributed by atoms with Crippen LogP contribution in [0.3, 0.4) is 0 Å². The summed E-state index contributed by atoms with van der Waals surface area (Å²) < 4.78 is 5.03. The third-order valence-corrected chi connectivity index (χ3v) is 3.69. The molecule has 0 aliphatic heterocycles. The number of fused-ring (bicyclic) bond motifs is 1. The van der Waals surface area contributed by atoms with Crippen molar-refractivity contribution in [3.05, 3.63) is 60.2 Å². The molecule has 1 N–H and O–H groups in total. The van der Waals surface area contributed by atoms with E-state index >= 15 is 0 Å². The summed E-state index contributed by atoms with van der Waals surface area (Å²) in [5.41, 5.74) is 1.42. The lowest BCUT2D eigenvalue weighted by atomic mass is 9.88. The largest absolute Gasteiger partial charge is 0.459 e. The maximum atomic E-state index is 12.1. The van der Waals surface area contributed by atoms with E-state index in [-0.39, 0.29) is 13.0 Å². The lowest BCUT2D eigenvalue weighted by Crippen LogP contribution is -2.37. The van der Waals surface area contributed by atoms with Gasteiger partial charge >= 0.3 is 5.97 Å². The fourth-order valence-corrected chi connectivity index (χ4v) is 2.61. The second kappa shape index (κ2) is 6.06. The minimum atomic E-state index is -1.66. The standard InChI is InChI=1S/C17H20O3/c1-3-10-17(19,16(18)20-11-4-2)15-9-8-13-6-5-7-14(13)12-15/h3-4,8-9,12,19H,1-2,5-7,10-11H2. The van der Waals surface area contributed by atoms with E-state index in [0.717, 1.165) is 19.3 Å². The van der Waals surface area contributed by atoms with E-state index < -0.39 is 11.6 Å². The molecule has 1 aromatic rings. The highest BCUT2D eigenvalue weighted by atomic mass is 16.5. The number of esters is 1. The predicted octanol–water partition coefficient (Wildman–Crippen LogP) is 2.67. The predicted molar refractivity (Wildman–Crippen MR) is 78.3 cm³/mol. The van der Waals surface area contributed by atoms with Crippen LogP contribution in [-0.2, 0) is 28.0 Å². The number of hydrogen-bond acceptors (Lipinski definition) is 3. The summed E-state index contributed by atoms with van der Waals surface area (Å²) in [6.45, 7) is 7.21. The number of hydrogen-bond donors (Lipinski definition) is 1. The van der Waals surface area contributed by atoms with Gasteiger partial charge in [0.05, 0.1) is 0 Å². The highest BCUT2D eigenvalue weighted by molar-refractivity contribution is 5.81. The molecule has 106 valence electrons. The summed E-state index contributed by atoms with van der Waals surface area (Å²) in [6.07, 6.45) is 6.32. The van der Waals surface area contributed by atoms with E-state index in [1.165, 1.54) is 23.3 Å². The first-order valence-electron chi connectivity index (χ1n) is 6.85. The van der Waals surface area contributed by atoms with Gasteiger partial charge in [-0.15, -0.1) is 6.58 Å². The van der Waals surface area contributed by atoms with Gasteiger partial charge < -0.3 is 9.84 Å². The van der Waals surface area contributed by atoms with Crippen LogP contribution in [0.2, 0.25) is 0 Å². The molecular weight excluding hydrogens is 252 g/mol. The fourth-order valence-electron chi connectivity index (χ4n) is 2.61. The molecule has 0 bridgehead atoms. The topological polar surface area (TPSA) is 46.5 Å². The van der Waals surface area contributed by atoms with Crippen LogP contribution < -0.4 is 0 Å². The number of carbonyl (C=O) groups is 1. The molecule has 2 rings (SSSR count). The molecule has 0 amide bonds. The summed E-state index contributed by atoms with van der Waals surface area (Å²) in [5.74, 6) is -0.657.